The van der Waals surface area contributed by atoms with Crippen LogP contribution in [0.4, 0.5) is 5.82 Å². The van der Waals surface area contributed by atoms with Gasteiger partial charge in [-0.15, -0.1) is 11.3 Å². The fourth-order valence-electron chi connectivity index (χ4n) is 1.37. The van der Waals surface area contributed by atoms with Gasteiger partial charge in [0, 0.05) is 12.1 Å². The highest BCUT2D eigenvalue weighted by atomic mass is 32.1. The van der Waals surface area contributed by atoms with Crippen LogP contribution < -0.4 is 5.32 Å². The van der Waals surface area contributed by atoms with Crippen LogP contribution in [-0.2, 0) is 0 Å². The van der Waals surface area contributed by atoms with Crippen LogP contribution in [0.15, 0.2) is 17.8 Å². The van der Waals surface area contributed by atoms with Crippen molar-refractivity contribution in [2.45, 2.75) is 19.4 Å². The van der Waals surface area contributed by atoms with Gasteiger partial charge in [-0.3, -0.25) is 0 Å². The van der Waals surface area contributed by atoms with Crippen molar-refractivity contribution in [1.29, 1.82) is 0 Å². The van der Waals surface area contributed by atoms with E-state index < -0.39 is 0 Å². The van der Waals surface area contributed by atoms with Crippen molar-refractivity contribution in [1.82, 2.24) is 14.9 Å². The van der Waals surface area contributed by atoms with E-state index in [1.165, 1.54) is 0 Å². The molecule has 0 bridgehead atoms. The van der Waals surface area contributed by atoms with Gasteiger partial charge in [0.05, 0.1) is 10.2 Å². The fourth-order valence-corrected chi connectivity index (χ4v) is 2.18. The predicted molar refractivity (Wildman–Crippen MR) is 73.7 cm³/mol. The summed E-state index contributed by atoms with van der Waals surface area (Å²) in [6, 6.07) is 2.02. The fraction of sp³-hybridized carbons (Fsp3) is 0.500. The van der Waals surface area contributed by atoms with Gasteiger partial charge < -0.3 is 10.2 Å². The highest BCUT2D eigenvalue weighted by Crippen LogP contribution is 2.25. The zero-order chi connectivity index (χ0) is 12.5. The van der Waals surface area contributed by atoms with E-state index in [9.17, 15) is 0 Å². The van der Waals surface area contributed by atoms with Crippen LogP contribution in [0.2, 0.25) is 0 Å². The normalized spacial score (nSPS) is 12.3. The average Bonchev–Trinajstić information content (AvgIpc) is 2.74. The predicted octanol–water partition coefficient (Wildman–Crippen LogP) is 2.44. The Bertz CT molecular complexity index is 504. The van der Waals surface area contributed by atoms with Gasteiger partial charge in [-0.2, -0.15) is 0 Å². The molecular weight excluding hydrogens is 232 g/mol. The maximum Gasteiger partial charge on any atom is 0.147 e. The lowest BCUT2D eigenvalue weighted by Crippen LogP contribution is -2.44. The number of rotatable bonds is 4. The first-order valence-electron chi connectivity index (χ1n) is 5.60. The molecule has 0 unspecified atom stereocenters. The third kappa shape index (κ3) is 2.56. The van der Waals surface area contributed by atoms with Gasteiger partial charge in [0.15, 0.2) is 0 Å². The molecule has 2 rings (SSSR count). The van der Waals surface area contributed by atoms with Crippen molar-refractivity contribution < 1.29 is 0 Å². The van der Waals surface area contributed by atoms with Gasteiger partial charge in [-0.1, -0.05) is 0 Å². The molecule has 2 aromatic rings. The summed E-state index contributed by atoms with van der Waals surface area (Å²) in [5, 5.41) is 5.46. The monoisotopic (exact) mass is 250 g/mol. The Morgan fingerprint density at radius 3 is 2.82 bits per heavy atom. The largest absolute Gasteiger partial charge is 0.367 e. The summed E-state index contributed by atoms with van der Waals surface area (Å²) in [6.45, 7) is 5.25. The minimum Gasteiger partial charge on any atom is -0.367 e. The molecule has 0 radical (unpaired) electrons. The van der Waals surface area contributed by atoms with Crippen molar-refractivity contribution in [3.05, 3.63) is 17.8 Å². The summed E-state index contributed by atoms with van der Waals surface area (Å²) >= 11 is 1.67. The quantitative estimate of drug-likeness (QED) is 0.905. The molecule has 17 heavy (non-hydrogen) atoms. The lowest BCUT2D eigenvalue weighted by molar-refractivity contribution is 0.210. The van der Waals surface area contributed by atoms with E-state index in [1.807, 2.05) is 11.4 Å². The van der Waals surface area contributed by atoms with Crippen LogP contribution in [0.3, 0.4) is 0 Å². The van der Waals surface area contributed by atoms with Gasteiger partial charge in [-0.25, -0.2) is 9.97 Å². The molecule has 0 fully saturated rings. The van der Waals surface area contributed by atoms with Crippen molar-refractivity contribution in [2.75, 3.05) is 26.0 Å². The first-order valence-corrected chi connectivity index (χ1v) is 6.48. The molecule has 92 valence electrons. The number of aromatic nitrogens is 2. The Balaban J connectivity index is 2.17. The minimum atomic E-state index is 0.0918. The second-order valence-electron chi connectivity index (χ2n) is 4.92. The second kappa shape index (κ2) is 4.58. The Morgan fingerprint density at radius 2 is 2.12 bits per heavy atom. The number of thiophene rings is 1. The Labute approximate surface area is 106 Å². The molecule has 0 aromatic carbocycles. The minimum absolute atomic E-state index is 0.0918. The van der Waals surface area contributed by atoms with E-state index in [4.69, 9.17) is 0 Å². The molecule has 0 aliphatic carbocycles. The number of hydrogen-bond acceptors (Lipinski definition) is 5. The summed E-state index contributed by atoms with van der Waals surface area (Å²) < 4.78 is 1.13. The molecule has 0 aliphatic rings. The highest BCUT2D eigenvalue weighted by Gasteiger charge is 2.20. The van der Waals surface area contributed by atoms with Crippen LogP contribution in [-0.4, -0.2) is 41.0 Å². The maximum absolute atomic E-state index is 4.31. The van der Waals surface area contributed by atoms with E-state index in [0.717, 1.165) is 22.6 Å². The Kier molecular flexibility index (Phi) is 3.31. The maximum atomic E-state index is 4.31. The number of fused-ring (bicyclic) bond motifs is 1. The summed E-state index contributed by atoms with van der Waals surface area (Å²) in [4.78, 5) is 10.7. The van der Waals surface area contributed by atoms with Crippen LogP contribution in [0.25, 0.3) is 10.2 Å². The third-order valence-electron chi connectivity index (χ3n) is 3.14. The van der Waals surface area contributed by atoms with Crippen molar-refractivity contribution in [2.24, 2.45) is 0 Å². The molecule has 5 heteroatoms. The third-order valence-corrected chi connectivity index (χ3v) is 4.05. The second-order valence-corrected chi connectivity index (χ2v) is 5.83. The molecule has 0 atom stereocenters. The molecule has 0 saturated carbocycles. The summed E-state index contributed by atoms with van der Waals surface area (Å²) in [5.74, 6) is 0.930. The van der Waals surface area contributed by atoms with Gasteiger partial charge >= 0.3 is 0 Å². The van der Waals surface area contributed by atoms with Gasteiger partial charge in [0.1, 0.15) is 12.1 Å². The van der Waals surface area contributed by atoms with Gasteiger partial charge in [-0.05, 0) is 39.4 Å². The Morgan fingerprint density at radius 1 is 1.35 bits per heavy atom. The first kappa shape index (κ1) is 12.3. The average molecular weight is 250 g/mol. The van der Waals surface area contributed by atoms with Crippen molar-refractivity contribution >= 4 is 27.4 Å². The molecular formula is C12H18N4S. The van der Waals surface area contributed by atoms with Crippen LogP contribution in [0.1, 0.15) is 13.8 Å². The van der Waals surface area contributed by atoms with E-state index in [2.05, 4.69) is 48.1 Å². The van der Waals surface area contributed by atoms with E-state index in [1.54, 1.807) is 17.7 Å². The van der Waals surface area contributed by atoms with Crippen molar-refractivity contribution in [3.63, 3.8) is 0 Å². The SMILES string of the molecule is CN(C)C(C)(C)CNc1ncnc2ccsc12. The lowest BCUT2D eigenvalue weighted by Gasteiger charge is -2.32. The summed E-state index contributed by atoms with van der Waals surface area (Å²) in [7, 11) is 4.17. The Hall–Kier alpha value is -1.20. The summed E-state index contributed by atoms with van der Waals surface area (Å²) in [5.41, 5.74) is 1.10. The number of nitrogens with one attached hydrogen (secondary N) is 1. The molecule has 0 saturated heterocycles. The summed E-state index contributed by atoms with van der Waals surface area (Å²) in [6.07, 6.45) is 1.61. The van der Waals surface area contributed by atoms with Crippen LogP contribution >= 0.6 is 11.3 Å². The number of anilines is 1. The molecule has 2 aromatic heterocycles. The smallest absolute Gasteiger partial charge is 0.147 e. The van der Waals surface area contributed by atoms with Crippen LogP contribution in [0.5, 0.6) is 0 Å². The molecule has 0 amide bonds. The van der Waals surface area contributed by atoms with E-state index >= 15 is 0 Å². The first-order chi connectivity index (χ1) is 8.00. The van der Waals surface area contributed by atoms with Crippen molar-refractivity contribution in [3.8, 4) is 0 Å². The lowest BCUT2D eigenvalue weighted by atomic mass is 10.0. The van der Waals surface area contributed by atoms with Gasteiger partial charge in [0.25, 0.3) is 0 Å². The zero-order valence-corrected chi connectivity index (χ0v) is 11.5. The van der Waals surface area contributed by atoms with E-state index in [0.29, 0.717) is 0 Å². The number of likely N-dealkylation sites (N-methyl/N-ethyl adjacent to an activating group) is 1. The van der Waals surface area contributed by atoms with E-state index in [-0.39, 0.29) is 5.54 Å². The molecule has 0 spiro atoms. The highest BCUT2D eigenvalue weighted by molar-refractivity contribution is 7.17. The zero-order valence-electron chi connectivity index (χ0n) is 10.7. The molecule has 2 heterocycles. The van der Waals surface area contributed by atoms with Crippen LogP contribution in [0, 0.1) is 0 Å². The molecule has 0 aliphatic heterocycles. The topological polar surface area (TPSA) is 41.0 Å². The molecule has 1 N–H and O–H groups in total. The number of hydrogen-bond donors (Lipinski definition) is 1. The standard InChI is InChI=1S/C12H18N4S/c1-12(2,16(3)4)7-13-11-10-9(5-6-17-10)14-8-15-11/h5-6,8H,7H2,1-4H3,(H,13,14,15). The number of nitrogens with zero attached hydrogens (tertiary/aromatic N) is 3. The molecule has 4 nitrogen and oxygen atoms in total. The van der Waals surface area contributed by atoms with Gasteiger partial charge in [0.2, 0.25) is 0 Å².